The SMILES string of the molecule is CC1=CC1NC(=O)CCCC(=O)NCCO. The van der Waals surface area contributed by atoms with E-state index in [1.165, 1.54) is 5.57 Å². The van der Waals surface area contributed by atoms with Gasteiger partial charge in [0, 0.05) is 19.4 Å². The molecule has 5 heteroatoms. The highest BCUT2D eigenvalue weighted by atomic mass is 16.3. The molecule has 0 aromatic carbocycles. The summed E-state index contributed by atoms with van der Waals surface area (Å²) < 4.78 is 0. The summed E-state index contributed by atoms with van der Waals surface area (Å²) in [5.41, 5.74) is 1.19. The molecule has 2 amide bonds. The number of hydrogen-bond acceptors (Lipinski definition) is 3. The van der Waals surface area contributed by atoms with Crippen molar-refractivity contribution in [2.24, 2.45) is 0 Å². The van der Waals surface area contributed by atoms with Crippen LogP contribution in [0.4, 0.5) is 0 Å². The average Bonchev–Trinajstić information content (AvgIpc) is 2.91. The summed E-state index contributed by atoms with van der Waals surface area (Å²) in [6.07, 6.45) is 3.20. The Morgan fingerprint density at radius 2 is 2.00 bits per heavy atom. The third-order valence-electron chi connectivity index (χ3n) is 2.37. The Kier molecular flexibility index (Phi) is 4.98. The number of aliphatic hydroxyl groups is 1. The number of carbonyl (C=O) groups is 2. The molecule has 1 aliphatic rings. The molecule has 1 unspecified atom stereocenters. The van der Waals surface area contributed by atoms with Crippen LogP contribution in [0.5, 0.6) is 0 Å². The van der Waals surface area contributed by atoms with E-state index in [2.05, 4.69) is 10.6 Å². The van der Waals surface area contributed by atoms with Gasteiger partial charge in [0.25, 0.3) is 0 Å². The zero-order valence-corrected chi connectivity index (χ0v) is 9.45. The lowest BCUT2D eigenvalue weighted by molar-refractivity contribution is -0.122. The molecule has 5 nitrogen and oxygen atoms in total. The normalized spacial score (nSPS) is 17.6. The van der Waals surface area contributed by atoms with Gasteiger partial charge in [0.05, 0.1) is 12.6 Å². The molecular weight excluding hydrogens is 208 g/mol. The van der Waals surface area contributed by atoms with Crippen molar-refractivity contribution in [1.82, 2.24) is 10.6 Å². The van der Waals surface area contributed by atoms with Crippen LogP contribution in [0.1, 0.15) is 26.2 Å². The number of carbonyl (C=O) groups excluding carboxylic acids is 2. The van der Waals surface area contributed by atoms with Gasteiger partial charge in [-0.3, -0.25) is 9.59 Å². The molecule has 0 aliphatic heterocycles. The molecule has 1 atom stereocenters. The van der Waals surface area contributed by atoms with Crippen molar-refractivity contribution in [2.75, 3.05) is 13.2 Å². The summed E-state index contributed by atoms with van der Waals surface area (Å²) in [5.74, 6) is -0.143. The highest BCUT2D eigenvalue weighted by Gasteiger charge is 2.21. The van der Waals surface area contributed by atoms with E-state index in [1.54, 1.807) is 0 Å². The van der Waals surface area contributed by atoms with Crippen LogP contribution in [-0.2, 0) is 9.59 Å². The van der Waals surface area contributed by atoms with Crippen LogP contribution in [0, 0.1) is 0 Å². The van der Waals surface area contributed by atoms with Crippen molar-refractivity contribution >= 4 is 11.8 Å². The fraction of sp³-hybridized carbons (Fsp3) is 0.636. The van der Waals surface area contributed by atoms with E-state index in [-0.39, 0.29) is 31.0 Å². The Morgan fingerprint density at radius 1 is 1.38 bits per heavy atom. The van der Waals surface area contributed by atoms with Crippen LogP contribution >= 0.6 is 0 Å². The molecule has 0 aromatic rings. The van der Waals surface area contributed by atoms with Gasteiger partial charge in [-0.15, -0.1) is 0 Å². The molecular formula is C11H18N2O3. The van der Waals surface area contributed by atoms with Crippen LogP contribution < -0.4 is 10.6 Å². The number of nitrogens with one attached hydrogen (secondary N) is 2. The molecule has 0 fully saturated rings. The fourth-order valence-electron chi connectivity index (χ4n) is 1.31. The maximum Gasteiger partial charge on any atom is 0.220 e. The summed E-state index contributed by atoms with van der Waals surface area (Å²) in [5, 5.41) is 13.8. The Balaban J connectivity index is 1.97. The topological polar surface area (TPSA) is 78.4 Å². The largest absolute Gasteiger partial charge is 0.395 e. The Morgan fingerprint density at radius 3 is 2.56 bits per heavy atom. The summed E-state index contributed by atoms with van der Waals surface area (Å²) in [4.78, 5) is 22.4. The summed E-state index contributed by atoms with van der Waals surface area (Å²) >= 11 is 0. The van der Waals surface area contributed by atoms with Gasteiger partial charge in [-0.2, -0.15) is 0 Å². The smallest absolute Gasteiger partial charge is 0.220 e. The van der Waals surface area contributed by atoms with Crippen molar-refractivity contribution in [1.29, 1.82) is 0 Å². The number of amides is 2. The van der Waals surface area contributed by atoms with Gasteiger partial charge in [-0.05, 0) is 18.9 Å². The minimum Gasteiger partial charge on any atom is -0.395 e. The lowest BCUT2D eigenvalue weighted by Gasteiger charge is -2.04. The van der Waals surface area contributed by atoms with Gasteiger partial charge < -0.3 is 15.7 Å². The number of rotatable bonds is 7. The molecule has 0 spiro atoms. The molecule has 1 rings (SSSR count). The summed E-state index contributed by atoms with van der Waals surface area (Å²) in [6, 6.07) is 0.149. The lowest BCUT2D eigenvalue weighted by Crippen LogP contribution is -2.28. The molecule has 0 radical (unpaired) electrons. The Hall–Kier alpha value is -1.36. The Labute approximate surface area is 94.9 Å². The zero-order chi connectivity index (χ0) is 12.0. The first-order valence-corrected chi connectivity index (χ1v) is 5.48. The van der Waals surface area contributed by atoms with Gasteiger partial charge in [0.2, 0.25) is 11.8 Å². The monoisotopic (exact) mass is 226 g/mol. The third kappa shape index (κ3) is 4.93. The second kappa shape index (κ2) is 6.27. The summed E-state index contributed by atoms with van der Waals surface area (Å²) in [6.45, 7) is 2.18. The fourth-order valence-corrected chi connectivity index (χ4v) is 1.31. The first-order chi connectivity index (χ1) is 7.63. The van der Waals surface area contributed by atoms with E-state index >= 15 is 0 Å². The van der Waals surface area contributed by atoms with Gasteiger partial charge >= 0.3 is 0 Å². The molecule has 0 aromatic heterocycles. The second-order valence-corrected chi connectivity index (χ2v) is 3.88. The first kappa shape index (κ1) is 12.7. The highest BCUT2D eigenvalue weighted by molar-refractivity contribution is 5.79. The van der Waals surface area contributed by atoms with Gasteiger partial charge in [-0.1, -0.05) is 6.08 Å². The highest BCUT2D eigenvalue weighted by Crippen LogP contribution is 2.18. The maximum atomic E-state index is 11.3. The van der Waals surface area contributed by atoms with Crippen molar-refractivity contribution in [3.63, 3.8) is 0 Å². The van der Waals surface area contributed by atoms with Gasteiger partial charge in [0.15, 0.2) is 0 Å². The minimum atomic E-state index is -0.123. The second-order valence-electron chi connectivity index (χ2n) is 3.88. The van der Waals surface area contributed by atoms with Gasteiger partial charge in [0.1, 0.15) is 0 Å². The van der Waals surface area contributed by atoms with Crippen LogP contribution in [0.3, 0.4) is 0 Å². The molecule has 0 saturated heterocycles. The summed E-state index contributed by atoms with van der Waals surface area (Å²) in [7, 11) is 0. The van der Waals surface area contributed by atoms with Crippen LogP contribution in [0.25, 0.3) is 0 Å². The van der Waals surface area contributed by atoms with Crippen molar-refractivity contribution in [2.45, 2.75) is 32.2 Å². The van der Waals surface area contributed by atoms with Crippen LogP contribution in [0.15, 0.2) is 11.6 Å². The predicted molar refractivity (Wildman–Crippen MR) is 59.6 cm³/mol. The maximum absolute atomic E-state index is 11.3. The molecule has 3 N–H and O–H groups in total. The predicted octanol–water partition coefficient (Wildman–Crippen LogP) is -0.290. The third-order valence-corrected chi connectivity index (χ3v) is 2.37. The molecule has 0 heterocycles. The average molecular weight is 226 g/mol. The number of aliphatic hydroxyl groups excluding tert-OH is 1. The van der Waals surface area contributed by atoms with Crippen LogP contribution in [0.2, 0.25) is 0 Å². The van der Waals surface area contributed by atoms with Crippen LogP contribution in [-0.4, -0.2) is 36.1 Å². The molecule has 16 heavy (non-hydrogen) atoms. The molecule has 0 saturated carbocycles. The zero-order valence-electron chi connectivity index (χ0n) is 9.45. The van der Waals surface area contributed by atoms with Gasteiger partial charge in [-0.25, -0.2) is 0 Å². The minimum absolute atomic E-state index is 0.0203. The van der Waals surface area contributed by atoms with E-state index in [4.69, 9.17) is 5.11 Å². The van der Waals surface area contributed by atoms with E-state index in [9.17, 15) is 9.59 Å². The van der Waals surface area contributed by atoms with Crippen molar-refractivity contribution in [3.8, 4) is 0 Å². The van der Waals surface area contributed by atoms with Crippen molar-refractivity contribution in [3.05, 3.63) is 11.6 Å². The van der Waals surface area contributed by atoms with E-state index in [0.29, 0.717) is 19.3 Å². The van der Waals surface area contributed by atoms with E-state index < -0.39 is 0 Å². The van der Waals surface area contributed by atoms with Crippen molar-refractivity contribution < 1.29 is 14.7 Å². The first-order valence-electron chi connectivity index (χ1n) is 5.48. The molecule has 1 aliphatic carbocycles. The Bertz CT molecular complexity index is 300. The standard InChI is InChI=1S/C11H18N2O3/c1-8-7-9(8)13-11(16)4-2-3-10(15)12-5-6-14/h7,9,14H,2-6H2,1H3,(H,12,15)(H,13,16). The molecule has 0 bridgehead atoms. The number of hydrogen-bond donors (Lipinski definition) is 3. The quantitative estimate of drug-likeness (QED) is 0.522. The van der Waals surface area contributed by atoms with E-state index in [0.717, 1.165) is 0 Å². The van der Waals surface area contributed by atoms with E-state index in [1.807, 2.05) is 13.0 Å². The lowest BCUT2D eigenvalue weighted by atomic mass is 10.2. The molecule has 90 valence electrons.